The Hall–Kier alpha value is -2.99. The minimum absolute atomic E-state index is 0.114. The van der Waals surface area contributed by atoms with Gasteiger partial charge in [0.25, 0.3) is 5.56 Å². The molecule has 6 heteroatoms. The number of hydrogen-bond donors (Lipinski definition) is 2. The molecule has 0 amide bonds. The van der Waals surface area contributed by atoms with Crippen LogP contribution in [0.3, 0.4) is 0 Å². The molecule has 30 heavy (non-hydrogen) atoms. The van der Waals surface area contributed by atoms with Crippen molar-refractivity contribution < 1.29 is 0 Å². The van der Waals surface area contributed by atoms with Crippen molar-refractivity contribution in [2.75, 3.05) is 5.32 Å². The van der Waals surface area contributed by atoms with Crippen molar-refractivity contribution >= 4 is 38.2 Å². The lowest BCUT2D eigenvalue weighted by molar-refractivity contribution is 0.590. The average molecular weight is 463 g/mol. The maximum absolute atomic E-state index is 11.6. The number of H-pyrrole nitrogens is 1. The van der Waals surface area contributed by atoms with E-state index in [2.05, 4.69) is 81.5 Å². The zero-order valence-electron chi connectivity index (χ0n) is 17.2. The first-order chi connectivity index (χ1) is 14.3. The van der Waals surface area contributed by atoms with Crippen molar-refractivity contribution in [2.45, 2.75) is 32.6 Å². The van der Waals surface area contributed by atoms with Gasteiger partial charge in [-0.3, -0.25) is 4.79 Å². The van der Waals surface area contributed by atoms with Crippen molar-refractivity contribution in [3.63, 3.8) is 0 Å². The summed E-state index contributed by atoms with van der Waals surface area (Å²) in [6, 6.07) is 18.3. The van der Waals surface area contributed by atoms with Gasteiger partial charge in [0.2, 0.25) is 0 Å². The predicted molar refractivity (Wildman–Crippen MR) is 126 cm³/mol. The maximum Gasteiger partial charge on any atom is 0.262 e. The van der Waals surface area contributed by atoms with Crippen LogP contribution < -0.4 is 10.9 Å². The Bertz CT molecular complexity index is 1260. The van der Waals surface area contributed by atoms with E-state index < -0.39 is 0 Å². The number of fused-ring (bicyclic) bond motifs is 1. The van der Waals surface area contributed by atoms with Gasteiger partial charge in [0, 0.05) is 29.1 Å². The minimum atomic E-state index is -0.147. The van der Waals surface area contributed by atoms with Gasteiger partial charge in [-0.1, -0.05) is 57.2 Å². The smallest absolute Gasteiger partial charge is 0.262 e. The number of nitrogens with zero attached hydrogens (tertiary/aromatic N) is 2. The van der Waals surface area contributed by atoms with Crippen LogP contribution in [0.1, 0.15) is 37.6 Å². The third-order valence-corrected chi connectivity index (χ3v) is 5.66. The molecule has 0 aliphatic heterocycles. The van der Waals surface area contributed by atoms with E-state index in [1.54, 1.807) is 6.20 Å². The van der Waals surface area contributed by atoms with Crippen molar-refractivity contribution in [3.8, 4) is 0 Å². The summed E-state index contributed by atoms with van der Waals surface area (Å²) in [6.07, 6.45) is 2.29. The highest BCUT2D eigenvalue weighted by Gasteiger charge is 2.14. The highest BCUT2D eigenvalue weighted by atomic mass is 79.9. The average Bonchev–Trinajstić information content (AvgIpc) is 2.72. The number of aromatic nitrogens is 3. The fourth-order valence-corrected chi connectivity index (χ4v) is 3.77. The van der Waals surface area contributed by atoms with Crippen LogP contribution in [0.25, 0.3) is 10.8 Å². The number of hydrogen-bond acceptors (Lipinski definition) is 4. The molecule has 2 aromatic heterocycles. The van der Waals surface area contributed by atoms with Crippen molar-refractivity contribution in [2.24, 2.45) is 0 Å². The standard InChI is InChI=1S/C24H23BrN4O/c1-24(2,3)16-8-10-17(11-9-16)27-22-19-7-5-4-6-18(19)21(28-29-22)13-15-12-20(25)23(30)26-14-15/h4-12,14H,13H2,1-3H3,(H,26,30)(H,27,29). The summed E-state index contributed by atoms with van der Waals surface area (Å²) >= 11 is 3.29. The fraction of sp³-hybridized carbons (Fsp3) is 0.208. The number of rotatable bonds is 4. The maximum atomic E-state index is 11.6. The highest BCUT2D eigenvalue weighted by Crippen LogP contribution is 2.28. The summed E-state index contributed by atoms with van der Waals surface area (Å²) in [4.78, 5) is 14.3. The number of anilines is 2. The van der Waals surface area contributed by atoms with Crippen LogP contribution in [0.2, 0.25) is 0 Å². The monoisotopic (exact) mass is 462 g/mol. The van der Waals surface area contributed by atoms with Crippen LogP contribution in [0.4, 0.5) is 11.5 Å². The Balaban J connectivity index is 1.67. The lowest BCUT2D eigenvalue weighted by Crippen LogP contribution is -2.10. The first-order valence-electron chi connectivity index (χ1n) is 9.80. The third kappa shape index (κ3) is 4.28. The van der Waals surface area contributed by atoms with E-state index in [1.165, 1.54) is 5.56 Å². The Morgan fingerprint density at radius 3 is 2.37 bits per heavy atom. The van der Waals surface area contributed by atoms with Crippen LogP contribution in [0.15, 0.2) is 70.1 Å². The first kappa shape index (κ1) is 20.3. The zero-order valence-corrected chi connectivity index (χ0v) is 18.7. The molecule has 0 radical (unpaired) electrons. The molecular weight excluding hydrogens is 440 g/mol. The number of pyridine rings is 1. The summed E-state index contributed by atoms with van der Waals surface area (Å²) in [5.74, 6) is 0.723. The van der Waals surface area contributed by atoms with Gasteiger partial charge < -0.3 is 10.3 Å². The second-order valence-electron chi connectivity index (χ2n) is 8.36. The third-order valence-electron chi connectivity index (χ3n) is 5.07. The molecule has 0 aliphatic rings. The van der Waals surface area contributed by atoms with E-state index in [9.17, 15) is 4.79 Å². The topological polar surface area (TPSA) is 70.7 Å². The van der Waals surface area contributed by atoms with Gasteiger partial charge in [0.15, 0.2) is 5.82 Å². The summed E-state index contributed by atoms with van der Waals surface area (Å²) < 4.78 is 0.509. The lowest BCUT2D eigenvalue weighted by atomic mass is 9.87. The van der Waals surface area contributed by atoms with Crippen molar-refractivity contribution in [1.82, 2.24) is 15.2 Å². The number of aromatic amines is 1. The van der Waals surface area contributed by atoms with E-state index in [0.717, 1.165) is 33.5 Å². The summed E-state index contributed by atoms with van der Waals surface area (Å²) in [5, 5.41) is 14.4. The fourth-order valence-electron chi connectivity index (χ4n) is 3.37. The van der Waals surface area contributed by atoms with Gasteiger partial charge in [0.05, 0.1) is 10.2 Å². The van der Waals surface area contributed by atoms with E-state index >= 15 is 0 Å². The molecule has 4 aromatic rings. The Kier molecular flexibility index (Phi) is 5.43. The number of nitrogens with one attached hydrogen (secondary N) is 2. The quantitative estimate of drug-likeness (QED) is 0.407. The zero-order chi connectivity index (χ0) is 21.3. The van der Waals surface area contributed by atoms with Crippen LogP contribution in [-0.2, 0) is 11.8 Å². The highest BCUT2D eigenvalue weighted by molar-refractivity contribution is 9.10. The van der Waals surface area contributed by atoms with Gasteiger partial charge in [-0.15, -0.1) is 5.10 Å². The minimum Gasteiger partial charge on any atom is -0.338 e. The molecule has 152 valence electrons. The van der Waals surface area contributed by atoms with Crippen LogP contribution >= 0.6 is 15.9 Å². The first-order valence-corrected chi connectivity index (χ1v) is 10.6. The molecule has 0 saturated heterocycles. The molecule has 2 N–H and O–H groups in total. The molecule has 5 nitrogen and oxygen atoms in total. The molecule has 0 fully saturated rings. The Labute approximate surface area is 183 Å². The molecular formula is C24H23BrN4O. The van der Waals surface area contributed by atoms with Gasteiger partial charge in [0.1, 0.15) is 0 Å². The predicted octanol–water partition coefficient (Wildman–Crippen LogP) is 5.71. The van der Waals surface area contributed by atoms with Gasteiger partial charge in [-0.2, -0.15) is 5.10 Å². The largest absolute Gasteiger partial charge is 0.338 e. The van der Waals surface area contributed by atoms with Crippen LogP contribution in [-0.4, -0.2) is 15.2 Å². The van der Waals surface area contributed by atoms with Crippen molar-refractivity contribution in [3.05, 3.63) is 92.4 Å². The van der Waals surface area contributed by atoms with Gasteiger partial charge >= 0.3 is 0 Å². The van der Waals surface area contributed by atoms with Crippen LogP contribution in [0, 0.1) is 0 Å². The van der Waals surface area contributed by atoms with E-state index in [4.69, 9.17) is 0 Å². The molecule has 0 atom stereocenters. The van der Waals surface area contributed by atoms with Gasteiger partial charge in [-0.25, -0.2) is 0 Å². The SMILES string of the molecule is CC(C)(C)c1ccc(Nc2nnc(Cc3c[nH]c(=O)c(Br)c3)c3ccccc23)cc1. The number of benzene rings is 2. The lowest BCUT2D eigenvalue weighted by Gasteiger charge is -2.19. The second kappa shape index (κ2) is 8.03. The van der Waals surface area contributed by atoms with E-state index in [1.807, 2.05) is 30.3 Å². The van der Waals surface area contributed by atoms with Gasteiger partial charge in [-0.05, 0) is 50.7 Å². The molecule has 0 saturated carbocycles. The molecule has 0 bridgehead atoms. The summed E-state index contributed by atoms with van der Waals surface area (Å²) in [5.41, 5.74) is 4.04. The Morgan fingerprint density at radius 1 is 1.00 bits per heavy atom. The van der Waals surface area contributed by atoms with Crippen molar-refractivity contribution in [1.29, 1.82) is 0 Å². The molecule has 2 aromatic carbocycles. The molecule has 2 heterocycles. The molecule has 4 rings (SSSR count). The molecule has 0 spiro atoms. The second-order valence-corrected chi connectivity index (χ2v) is 9.21. The van der Waals surface area contributed by atoms with E-state index in [-0.39, 0.29) is 11.0 Å². The number of halogens is 1. The summed E-state index contributed by atoms with van der Waals surface area (Å²) in [6.45, 7) is 6.61. The normalized spacial score (nSPS) is 11.6. The molecule has 0 unspecified atom stereocenters. The summed E-state index contributed by atoms with van der Waals surface area (Å²) in [7, 11) is 0. The molecule has 0 aliphatic carbocycles. The van der Waals surface area contributed by atoms with Crippen LogP contribution in [0.5, 0.6) is 0 Å². The Morgan fingerprint density at radius 2 is 1.70 bits per heavy atom. The van der Waals surface area contributed by atoms with E-state index in [0.29, 0.717) is 10.9 Å².